The molecule has 0 heterocycles. The highest BCUT2D eigenvalue weighted by Gasteiger charge is 2.14. The molecule has 17 heavy (non-hydrogen) atoms. The summed E-state index contributed by atoms with van der Waals surface area (Å²) in [7, 11) is 8.59. The normalized spacial score (nSPS) is 10.4. The Labute approximate surface area is 119 Å². The van der Waals surface area contributed by atoms with E-state index in [9.17, 15) is 8.42 Å². The molecule has 0 bridgehead atoms. The summed E-state index contributed by atoms with van der Waals surface area (Å²) >= 11 is 5.58. The molecule has 0 N–H and O–H groups in total. The molecule has 0 spiro atoms. The molecule has 0 aromatic heterocycles. The molecule has 0 aliphatic heterocycles. The lowest BCUT2D eigenvalue weighted by atomic mass is 10.2. The van der Waals surface area contributed by atoms with E-state index in [0.29, 0.717) is 0 Å². The highest BCUT2D eigenvalue weighted by Crippen LogP contribution is 2.25. The van der Waals surface area contributed by atoms with Crippen LogP contribution in [0.15, 0.2) is 23.1 Å². The molecule has 0 aliphatic rings. The van der Waals surface area contributed by atoms with Gasteiger partial charge in [-0.05, 0) is 18.2 Å². The van der Waals surface area contributed by atoms with Crippen molar-refractivity contribution in [2.75, 3.05) is 0 Å². The van der Waals surface area contributed by atoms with Crippen LogP contribution in [0.4, 0.5) is 0 Å². The topological polar surface area (TPSA) is 75.0 Å². The Morgan fingerprint density at radius 1 is 1.29 bits per heavy atom. The van der Waals surface area contributed by atoms with Crippen LogP contribution in [0.25, 0.3) is 0 Å². The fourth-order valence-corrected chi connectivity index (χ4v) is 2.30. The summed E-state index contributed by atoms with van der Waals surface area (Å²) in [6, 6.07) is 5.60. The van der Waals surface area contributed by atoms with Gasteiger partial charge in [0.2, 0.25) is 9.23 Å². The average molecular weight is 355 g/mol. The predicted molar refractivity (Wildman–Crippen MR) is 69.1 cm³/mol. The maximum atomic E-state index is 10.9. The van der Waals surface area contributed by atoms with Gasteiger partial charge in [0, 0.05) is 32.0 Å². The lowest BCUT2D eigenvalue weighted by Crippen LogP contribution is -1.91. The summed E-state index contributed by atoms with van der Waals surface area (Å²) in [5.41, 5.74) is 0.286. The van der Waals surface area contributed by atoms with E-state index in [1.807, 2.05) is 6.07 Å². The van der Waals surface area contributed by atoms with E-state index in [2.05, 4.69) is 21.4 Å². The van der Waals surface area contributed by atoms with Gasteiger partial charge in [-0.2, -0.15) is 5.26 Å². The van der Waals surface area contributed by atoms with Crippen LogP contribution >= 0.6 is 43.6 Å². The molecule has 0 saturated carbocycles. The van der Waals surface area contributed by atoms with Gasteiger partial charge in [0.25, 0.3) is 9.05 Å². The highest BCUT2D eigenvalue weighted by atomic mass is 36.0. The monoisotopic (exact) mass is 353 g/mol. The lowest BCUT2D eigenvalue weighted by molar-refractivity contribution is 0.609. The van der Waals surface area contributed by atoms with E-state index in [4.69, 9.17) is 31.8 Å². The van der Waals surface area contributed by atoms with E-state index in [1.165, 1.54) is 18.2 Å². The molecule has 1 aromatic rings. The molecule has 0 radical (unpaired) electrons. The molecular weight excluding hydrogens is 352 g/mol. The van der Waals surface area contributed by atoms with Crippen molar-refractivity contribution in [1.29, 1.82) is 5.26 Å². The van der Waals surface area contributed by atoms with Crippen LogP contribution in [0.1, 0.15) is 5.56 Å². The van der Waals surface area contributed by atoms with Crippen LogP contribution in [-0.2, 0) is 18.3 Å². The van der Waals surface area contributed by atoms with Crippen LogP contribution < -0.4 is 0 Å². The van der Waals surface area contributed by atoms with Crippen LogP contribution in [0.5, 0.6) is 0 Å². The first-order valence-corrected chi connectivity index (χ1v) is 9.06. The number of nitriles is 1. The number of nitrogens with zero attached hydrogens (tertiary/aromatic N) is 1. The van der Waals surface area contributed by atoms with Crippen molar-refractivity contribution in [2.24, 2.45) is 0 Å². The van der Waals surface area contributed by atoms with Gasteiger partial charge in [-0.3, -0.25) is 0 Å². The van der Waals surface area contributed by atoms with Crippen molar-refractivity contribution in [2.45, 2.75) is 4.90 Å². The maximum absolute atomic E-state index is 10.9. The van der Waals surface area contributed by atoms with E-state index in [-0.39, 0.29) is 15.5 Å². The molecule has 0 atom stereocenters. The minimum absolute atomic E-state index is 0.0472. The van der Waals surface area contributed by atoms with Crippen LogP contribution in [0, 0.1) is 11.3 Å². The second-order valence-electron chi connectivity index (χ2n) is 2.38. The zero-order chi connectivity index (χ0) is 13.6. The van der Waals surface area contributed by atoms with Gasteiger partial charge in [0.1, 0.15) is 4.90 Å². The third-order valence-electron chi connectivity index (χ3n) is 1.32. The Bertz CT molecular complexity index is 563. The standard InChI is InChI=1S/C7H3Cl2NO2S.Cl2OS/c8-6-3-5(4-10)1-2-7(6)13(9,11)12;1-4(2)3/h1-3H;. The average Bonchev–Trinajstić information content (AvgIpc) is 2.14. The molecule has 94 valence electrons. The lowest BCUT2D eigenvalue weighted by Gasteiger charge is -1.98. The number of hydrogen-bond acceptors (Lipinski definition) is 4. The van der Waals surface area contributed by atoms with Crippen molar-refractivity contribution >= 4 is 61.9 Å². The summed E-state index contributed by atoms with van der Waals surface area (Å²) in [6.07, 6.45) is 0. The van der Waals surface area contributed by atoms with Gasteiger partial charge in [-0.15, -0.1) is 0 Å². The Morgan fingerprint density at radius 3 is 2.06 bits per heavy atom. The second-order valence-corrected chi connectivity index (χ2v) is 7.84. The summed E-state index contributed by atoms with van der Waals surface area (Å²) in [5.74, 6) is 0. The molecule has 1 rings (SSSR count). The fraction of sp³-hybridized carbons (Fsp3) is 0. The van der Waals surface area contributed by atoms with Crippen molar-refractivity contribution in [3.05, 3.63) is 28.8 Å². The first-order valence-electron chi connectivity index (χ1n) is 3.57. The molecule has 4 nitrogen and oxygen atoms in total. The maximum Gasteiger partial charge on any atom is 0.262 e. The molecule has 1 aromatic carbocycles. The third kappa shape index (κ3) is 7.09. The minimum atomic E-state index is -3.83. The Hall–Kier alpha value is -0.0300. The highest BCUT2D eigenvalue weighted by molar-refractivity contribution is 8.26. The zero-order valence-electron chi connectivity index (χ0n) is 7.73. The Kier molecular flexibility index (Phi) is 7.40. The number of hydrogen-bond donors (Lipinski definition) is 0. The van der Waals surface area contributed by atoms with Gasteiger partial charge >= 0.3 is 0 Å². The van der Waals surface area contributed by atoms with Crippen molar-refractivity contribution in [3.63, 3.8) is 0 Å². The Balaban J connectivity index is 0.000000557. The predicted octanol–water partition coefficient (Wildman–Crippen LogP) is 3.18. The largest absolute Gasteiger partial charge is 0.262 e. The minimum Gasteiger partial charge on any atom is -0.225 e. The molecule has 0 unspecified atom stereocenters. The van der Waals surface area contributed by atoms with Gasteiger partial charge < -0.3 is 0 Å². The molecular formula is C7H3Cl4NO3S2. The number of benzene rings is 1. The number of halogens is 4. The molecule has 10 heteroatoms. The van der Waals surface area contributed by atoms with Crippen LogP contribution in [-0.4, -0.2) is 12.6 Å². The van der Waals surface area contributed by atoms with Crippen molar-refractivity contribution in [1.82, 2.24) is 0 Å². The smallest absolute Gasteiger partial charge is 0.225 e. The van der Waals surface area contributed by atoms with Crippen LogP contribution in [0.2, 0.25) is 5.02 Å². The first-order chi connectivity index (χ1) is 7.68. The van der Waals surface area contributed by atoms with Crippen molar-refractivity contribution < 1.29 is 12.6 Å². The fourth-order valence-electron chi connectivity index (χ4n) is 0.768. The van der Waals surface area contributed by atoms with E-state index < -0.39 is 18.3 Å². The SMILES string of the molecule is N#Cc1ccc(S(=O)(=O)Cl)c(Cl)c1.O=S(Cl)Cl. The van der Waals surface area contributed by atoms with Gasteiger partial charge in [0.15, 0.2) is 0 Å². The van der Waals surface area contributed by atoms with E-state index in [1.54, 1.807) is 0 Å². The summed E-state index contributed by atoms with van der Waals surface area (Å²) in [6.45, 7) is 0. The van der Waals surface area contributed by atoms with Crippen LogP contribution in [0.3, 0.4) is 0 Å². The first kappa shape index (κ1) is 17.0. The summed E-state index contributed by atoms with van der Waals surface area (Å²) < 4.78 is 30.8. The van der Waals surface area contributed by atoms with Gasteiger partial charge in [-0.1, -0.05) is 11.6 Å². The van der Waals surface area contributed by atoms with Gasteiger partial charge in [0.05, 0.1) is 16.7 Å². The summed E-state index contributed by atoms with van der Waals surface area (Å²) in [5, 5.41) is 8.42. The summed E-state index contributed by atoms with van der Waals surface area (Å²) in [4.78, 5) is -0.185. The third-order valence-corrected chi connectivity index (χ3v) is 3.13. The van der Waals surface area contributed by atoms with E-state index >= 15 is 0 Å². The van der Waals surface area contributed by atoms with Crippen molar-refractivity contribution in [3.8, 4) is 6.07 Å². The van der Waals surface area contributed by atoms with Gasteiger partial charge in [-0.25, -0.2) is 12.6 Å². The molecule has 0 amide bonds. The molecule has 0 aliphatic carbocycles. The van der Waals surface area contributed by atoms with E-state index in [0.717, 1.165) is 0 Å². The molecule has 0 saturated heterocycles. The number of rotatable bonds is 1. The second kappa shape index (κ2) is 7.41. The molecule has 0 fully saturated rings. The Morgan fingerprint density at radius 2 is 1.76 bits per heavy atom. The quantitative estimate of drug-likeness (QED) is 0.726. The zero-order valence-corrected chi connectivity index (χ0v) is 12.4.